The molecule has 1 aliphatic carbocycles. The monoisotopic (exact) mass is 289 g/mol. The Labute approximate surface area is 110 Å². The van der Waals surface area contributed by atoms with Gasteiger partial charge in [-0.2, -0.15) is 0 Å². The van der Waals surface area contributed by atoms with Crippen molar-refractivity contribution in [2.24, 2.45) is 5.92 Å². The molecule has 0 saturated heterocycles. The van der Waals surface area contributed by atoms with E-state index >= 15 is 0 Å². The number of halogens is 1. The van der Waals surface area contributed by atoms with E-state index in [-0.39, 0.29) is 0 Å². The van der Waals surface area contributed by atoms with Gasteiger partial charge in [-0.05, 0) is 25.2 Å². The first kappa shape index (κ1) is 14.5. The van der Waals surface area contributed by atoms with E-state index in [1.165, 1.54) is 58.0 Å². The summed E-state index contributed by atoms with van der Waals surface area (Å²) in [4.78, 5) is 2.74. The fourth-order valence-electron chi connectivity index (χ4n) is 2.96. The fourth-order valence-corrected chi connectivity index (χ4v) is 3.42. The molecule has 0 aromatic rings. The maximum absolute atomic E-state index is 3.60. The summed E-state index contributed by atoms with van der Waals surface area (Å²) in [6.07, 6.45) is 9.94. The van der Waals surface area contributed by atoms with E-state index in [1.54, 1.807) is 0 Å². The van der Waals surface area contributed by atoms with Crippen LogP contribution in [-0.4, -0.2) is 29.4 Å². The molecule has 1 atom stereocenters. The van der Waals surface area contributed by atoms with Crippen LogP contribution in [0.5, 0.6) is 0 Å². The van der Waals surface area contributed by atoms with Gasteiger partial charge in [-0.1, -0.05) is 55.5 Å². The normalized spacial score (nSPS) is 20.2. The van der Waals surface area contributed by atoms with Gasteiger partial charge in [0.15, 0.2) is 0 Å². The first-order valence-corrected chi connectivity index (χ1v) is 8.20. The molecule has 1 rings (SSSR count). The van der Waals surface area contributed by atoms with Gasteiger partial charge < -0.3 is 0 Å². The van der Waals surface area contributed by atoms with Crippen molar-refractivity contribution in [3.63, 3.8) is 0 Å². The Kier molecular flexibility index (Phi) is 7.72. The van der Waals surface area contributed by atoms with Crippen molar-refractivity contribution in [1.82, 2.24) is 4.90 Å². The summed E-state index contributed by atoms with van der Waals surface area (Å²) < 4.78 is 0. The van der Waals surface area contributed by atoms with Gasteiger partial charge in [-0.25, -0.2) is 0 Å². The Bertz CT molecular complexity index is 166. The molecule has 1 saturated carbocycles. The van der Waals surface area contributed by atoms with Gasteiger partial charge >= 0.3 is 0 Å². The van der Waals surface area contributed by atoms with Gasteiger partial charge in [-0.3, -0.25) is 4.90 Å². The highest BCUT2D eigenvalue weighted by Crippen LogP contribution is 2.24. The average molecular weight is 290 g/mol. The summed E-state index contributed by atoms with van der Waals surface area (Å²) in [5.41, 5.74) is 0. The standard InChI is InChI=1S/C14H28BrN/c1-3-7-13(2)12-16(11-10-15)14-8-5-4-6-9-14/h13-14H,3-12H2,1-2H3. The average Bonchev–Trinajstić information content (AvgIpc) is 2.30. The van der Waals surface area contributed by atoms with Crippen LogP contribution in [0.25, 0.3) is 0 Å². The van der Waals surface area contributed by atoms with E-state index in [4.69, 9.17) is 0 Å². The molecular formula is C14H28BrN. The third-order valence-electron chi connectivity index (χ3n) is 3.79. The molecule has 1 fully saturated rings. The van der Waals surface area contributed by atoms with Crippen LogP contribution in [-0.2, 0) is 0 Å². The largest absolute Gasteiger partial charge is 0.299 e. The van der Waals surface area contributed by atoms with E-state index in [1.807, 2.05) is 0 Å². The van der Waals surface area contributed by atoms with Crippen LogP contribution in [0.3, 0.4) is 0 Å². The summed E-state index contributed by atoms with van der Waals surface area (Å²) in [5, 5.41) is 1.13. The molecule has 0 heterocycles. The molecule has 16 heavy (non-hydrogen) atoms. The van der Waals surface area contributed by atoms with Crippen LogP contribution in [0.15, 0.2) is 0 Å². The Morgan fingerprint density at radius 1 is 1.25 bits per heavy atom. The zero-order valence-corrected chi connectivity index (χ0v) is 12.6. The van der Waals surface area contributed by atoms with Crippen molar-refractivity contribution in [2.45, 2.75) is 64.8 Å². The first-order valence-electron chi connectivity index (χ1n) is 7.08. The predicted octanol–water partition coefficient (Wildman–Crippen LogP) is 4.45. The lowest BCUT2D eigenvalue weighted by atomic mass is 9.93. The van der Waals surface area contributed by atoms with Gasteiger partial charge in [0.05, 0.1) is 0 Å². The van der Waals surface area contributed by atoms with Crippen LogP contribution in [0, 0.1) is 5.92 Å². The van der Waals surface area contributed by atoms with Crippen LogP contribution in [0.1, 0.15) is 58.8 Å². The van der Waals surface area contributed by atoms with E-state index in [9.17, 15) is 0 Å². The number of nitrogens with zero attached hydrogens (tertiary/aromatic N) is 1. The van der Waals surface area contributed by atoms with Crippen LogP contribution in [0.2, 0.25) is 0 Å². The smallest absolute Gasteiger partial charge is 0.0159 e. The molecule has 0 N–H and O–H groups in total. The minimum Gasteiger partial charge on any atom is -0.299 e. The number of alkyl halides is 1. The van der Waals surface area contributed by atoms with Gasteiger partial charge in [0.25, 0.3) is 0 Å². The third-order valence-corrected chi connectivity index (χ3v) is 4.15. The van der Waals surface area contributed by atoms with Crippen LogP contribution >= 0.6 is 15.9 Å². The molecule has 0 aromatic carbocycles. The molecule has 0 radical (unpaired) electrons. The molecule has 0 aromatic heterocycles. The number of rotatable bonds is 7. The maximum Gasteiger partial charge on any atom is 0.0159 e. The fraction of sp³-hybridized carbons (Fsp3) is 1.00. The molecule has 2 heteroatoms. The van der Waals surface area contributed by atoms with Gasteiger partial charge in [0, 0.05) is 24.5 Å². The lowest BCUT2D eigenvalue weighted by Crippen LogP contribution is -2.40. The van der Waals surface area contributed by atoms with Gasteiger partial charge in [0.2, 0.25) is 0 Å². The quantitative estimate of drug-likeness (QED) is 0.626. The molecular weight excluding hydrogens is 262 g/mol. The molecule has 0 spiro atoms. The van der Waals surface area contributed by atoms with Crippen LogP contribution in [0.4, 0.5) is 0 Å². The summed E-state index contributed by atoms with van der Waals surface area (Å²) in [7, 11) is 0. The Balaban J connectivity index is 2.38. The van der Waals surface area contributed by atoms with Crippen molar-refractivity contribution in [2.75, 3.05) is 18.4 Å². The summed E-state index contributed by atoms with van der Waals surface area (Å²) in [6, 6.07) is 0.880. The third kappa shape index (κ3) is 5.18. The predicted molar refractivity (Wildman–Crippen MR) is 76.3 cm³/mol. The zero-order chi connectivity index (χ0) is 11.8. The highest BCUT2D eigenvalue weighted by molar-refractivity contribution is 9.09. The molecule has 0 amide bonds. The van der Waals surface area contributed by atoms with Crippen molar-refractivity contribution in [3.05, 3.63) is 0 Å². The Morgan fingerprint density at radius 3 is 2.50 bits per heavy atom. The van der Waals surface area contributed by atoms with E-state index < -0.39 is 0 Å². The lowest BCUT2D eigenvalue weighted by Gasteiger charge is -2.35. The second kappa shape index (κ2) is 8.52. The minimum atomic E-state index is 0.867. The maximum atomic E-state index is 3.60. The van der Waals surface area contributed by atoms with Crippen molar-refractivity contribution in [3.8, 4) is 0 Å². The second-order valence-electron chi connectivity index (χ2n) is 5.37. The molecule has 1 nitrogen and oxygen atoms in total. The summed E-state index contributed by atoms with van der Waals surface area (Å²) in [6.45, 7) is 7.25. The zero-order valence-electron chi connectivity index (χ0n) is 11.1. The van der Waals surface area contributed by atoms with Crippen molar-refractivity contribution >= 4 is 15.9 Å². The van der Waals surface area contributed by atoms with Crippen LogP contribution < -0.4 is 0 Å². The molecule has 96 valence electrons. The molecule has 1 unspecified atom stereocenters. The topological polar surface area (TPSA) is 3.24 Å². The Morgan fingerprint density at radius 2 is 1.94 bits per heavy atom. The highest BCUT2D eigenvalue weighted by Gasteiger charge is 2.21. The SMILES string of the molecule is CCCC(C)CN(CCBr)C1CCCCC1. The second-order valence-corrected chi connectivity index (χ2v) is 6.16. The number of hydrogen-bond donors (Lipinski definition) is 0. The van der Waals surface area contributed by atoms with E-state index in [0.29, 0.717) is 0 Å². The lowest BCUT2D eigenvalue weighted by molar-refractivity contribution is 0.143. The van der Waals surface area contributed by atoms with E-state index in [0.717, 1.165) is 17.3 Å². The molecule has 0 aliphatic heterocycles. The van der Waals surface area contributed by atoms with Crippen molar-refractivity contribution in [1.29, 1.82) is 0 Å². The Hall–Kier alpha value is 0.440. The summed E-state index contributed by atoms with van der Waals surface area (Å²) in [5.74, 6) is 0.867. The number of hydrogen-bond acceptors (Lipinski definition) is 1. The minimum absolute atomic E-state index is 0.867. The first-order chi connectivity index (χ1) is 7.77. The molecule has 0 bridgehead atoms. The van der Waals surface area contributed by atoms with Gasteiger partial charge in [0.1, 0.15) is 0 Å². The summed E-state index contributed by atoms with van der Waals surface area (Å²) >= 11 is 3.60. The molecule has 1 aliphatic rings. The van der Waals surface area contributed by atoms with Gasteiger partial charge in [-0.15, -0.1) is 0 Å². The highest BCUT2D eigenvalue weighted by atomic mass is 79.9. The van der Waals surface area contributed by atoms with Crippen molar-refractivity contribution < 1.29 is 0 Å². The van der Waals surface area contributed by atoms with E-state index in [2.05, 4.69) is 34.7 Å².